The molecule has 4 N–H and O–H groups in total. The lowest BCUT2D eigenvalue weighted by Gasteiger charge is -2.33. The summed E-state index contributed by atoms with van der Waals surface area (Å²) in [4.78, 5) is 30.4. The third-order valence-corrected chi connectivity index (χ3v) is 12.3. The summed E-state index contributed by atoms with van der Waals surface area (Å²) in [6.45, 7) is 10.9. The maximum absolute atomic E-state index is 12.7. The van der Waals surface area contributed by atoms with Crippen LogP contribution in [0.5, 0.6) is 0 Å². The lowest BCUT2D eigenvalue weighted by atomic mass is 10.0. The van der Waals surface area contributed by atoms with Crippen molar-refractivity contribution < 1.29 is 15.1 Å². The van der Waals surface area contributed by atoms with Crippen molar-refractivity contribution >= 4 is 11.8 Å². The first-order valence-electron chi connectivity index (χ1n) is 22.8. The number of hydrogen-bond donors (Lipinski definition) is 2. The zero-order valence-corrected chi connectivity index (χ0v) is 37.2. The van der Waals surface area contributed by atoms with Crippen LogP contribution in [-0.4, -0.2) is 98.0 Å². The molecule has 2 atom stereocenters. The van der Waals surface area contributed by atoms with Crippen LogP contribution in [-0.2, 0) is 22.7 Å². The van der Waals surface area contributed by atoms with E-state index in [9.17, 15) is 9.59 Å². The van der Waals surface area contributed by atoms with Crippen LogP contribution in [0, 0.1) is 0 Å². The van der Waals surface area contributed by atoms with Crippen molar-refractivity contribution in [3.8, 4) is 44.8 Å². The summed E-state index contributed by atoms with van der Waals surface area (Å²) in [6, 6.07) is 42.1. The fraction of sp³-hybridized carbons (Fsp3) is 0.385. The summed E-state index contributed by atoms with van der Waals surface area (Å²) >= 11 is 0. The maximum Gasteiger partial charge on any atom is 0.241 e. The van der Waals surface area contributed by atoms with Crippen LogP contribution in [0.1, 0.15) is 65.2 Å². The van der Waals surface area contributed by atoms with Crippen molar-refractivity contribution in [3.63, 3.8) is 0 Å². The normalized spacial score (nSPS) is 16.6. The molecule has 2 saturated heterocycles. The van der Waals surface area contributed by atoms with Crippen LogP contribution in [0.25, 0.3) is 44.8 Å². The zero-order chi connectivity index (χ0) is 42.9. The number of piperidine rings is 2. The zero-order valence-electron chi connectivity index (χ0n) is 37.2. The average molecular weight is 851 g/mol. The molecule has 2 aromatic heterocycles. The van der Waals surface area contributed by atoms with E-state index in [-0.39, 0.29) is 30.4 Å². The van der Waals surface area contributed by atoms with Crippen molar-refractivity contribution in [3.05, 3.63) is 134 Å². The molecule has 2 aliphatic rings. The number of nitrogens with one attached hydrogen (secondary N) is 2. The standard InChI is InChI=1S/2C26H32N4O.H2O/c2*1-21-11-8-9-17-29(21)18-10-16-27-25(31)20-30-26(23-14-6-3-7-15-23)24(19-28-30)22-12-4-2-5-13-22;/h2*2-7,12-15,19,21H,8-11,16-18,20H2,1H3,(H,27,31);1H2. The Bertz CT molecular complexity index is 2100. The molecule has 2 amide bonds. The van der Waals surface area contributed by atoms with E-state index in [1.54, 1.807) is 0 Å². The summed E-state index contributed by atoms with van der Waals surface area (Å²) in [6.07, 6.45) is 13.5. The molecule has 63 heavy (non-hydrogen) atoms. The first kappa shape index (κ1) is 46.6. The molecular weight excluding hydrogens is 785 g/mol. The summed E-state index contributed by atoms with van der Waals surface area (Å²) < 4.78 is 3.64. The van der Waals surface area contributed by atoms with E-state index >= 15 is 0 Å². The molecule has 2 aliphatic heterocycles. The van der Waals surface area contributed by atoms with Gasteiger partial charge in [-0.3, -0.25) is 19.0 Å². The van der Waals surface area contributed by atoms with Crippen LogP contribution in [0.2, 0.25) is 0 Å². The van der Waals surface area contributed by atoms with Crippen LogP contribution >= 0.6 is 0 Å². The first-order chi connectivity index (χ1) is 30.4. The largest absolute Gasteiger partial charge is 0.412 e. The quantitative estimate of drug-likeness (QED) is 0.0942. The van der Waals surface area contributed by atoms with E-state index in [1.165, 1.54) is 51.6 Å². The van der Waals surface area contributed by atoms with E-state index in [1.807, 2.05) is 94.6 Å². The lowest BCUT2D eigenvalue weighted by molar-refractivity contribution is -0.122. The van der Waals surface area contributed by atoms with Crippen LogP contribution < -0.4 is 10.6 Å². The number of aromatic nitrogens is 4. The number of amides is 2. The van der Waals surface area contributed by atoms with Gasteiger partial charge in [0, 0.05) is 60.5 Å². The second-order valence-electron chi connectivity index (χ2n) is 16.8. The third-order valence-electron chi connectivity index (χ3n) is 12.3. The average Bonchev–Trinajstić information content (AvgIpc) is 3.93. The van der Waals surface area contributed by atoms with Crippen molar-refractivity contribution in [1.29, 1.82) is 0 Å². The highest BCUT2D eigenvalue weighted by Gasteiger charge is 2.21. The molecule has 0 bridgehead atoms. The molecule has 4 heterocycles. The maximum atomic E-state index is 12.7. The Morgan fingerprint density at radius 1 is 0.524 bits per heavy atom. The molecule has 332 valence electrons. The molecule has 11 nitrogen and oxygen atoms in total. The van der Waals surface area contributed by atoms with E-state index in [0.717, 1.165) is 70.7 Å². The van der Waals surface area contributed by atoms with E-state index in [2.05, 4.69) is 93.0 Å². The van der Waals surface area contributed by atoms with Gasteiger partial charge in [0.2, 0.25) is 11.8 Å². The Morgan fingerprint density at radius 2 is 0.873 bits per heavy atom. The van der Waals surface area contributed by atoms with Gasteiger partial charge in [-0.25, -0.2) is 0 Å². The van der Waals surface area contributed by atoms with E-state index in [4.69, 9.17) is 0 Å². The van der Waals surface area contributed by atoms with Crippen molar-refractivity contribution in [2.24, 2.45) is 0 Å². The Kier molecular flexibility index (Phi) is 17.8. The summed E-state index contributed by atoms with van der Waals surface area (Å²) in [7, 11) is 0. The number of likely N-dealkylation sites (tertiary alicyclic amines) is 2. The predicted molar refractivity (Wildman–Crippen MR) is 255 cm³/mol. The van der Waals surface area contributed by atoms with Gasteiger partial charge in [-0.1, -0.05) is 134 Å². The molecule has 2 fully saturated rings. The van der Waals surface area contributed by atoms with Crippen molar-refractivity contribution in [1.82, 2.24) is 40.0 Å². The molecule has 11 heteroatoms. The van der Waals surface area contributed by atoms with Crippen LogP contribution in [0.4, 0.5) is 0 Å². The molecule has 6 aromatic rings. The van der Waals surface area contributed by atoms with Gasteiger partial charge >= 0.3 is 0 Å². The number of carbonyl (C=O) groups excluding carboxylic acids is 2. The third kappa shape index (κ3) is 13.1. The highest BCUT2D eigenvalue weighted by atomic mass is 16.2. The van der Waals surface area contributed by atoms with Crippen molar-refractivity contribution in [2.75, 3.05) is 39.3 Å². The second-order valence-corrected chi connectivity index (χ2v) is 16.8. The minimum atomic E-state index is 0. The smallest absolute Gasteiger partial charge is 0.241 e. The number of hydrogen-bond acceptors (Lipinski definition) is 6. The molecule has 4 aromatic carbocycles. The number of nitrogens with zero attached hydrogens (tertiary/aromatic N) is 6. The second kappa shape index (κ2) is 24.1. The van der Waals surface area contributed by atoms with Crippen molar-refractivity contribution in [2.45, 2.75) is 90.4 Å². The van der Waals surface area contributed by atoms with Gasteiger partial charge in [-0.15, -0.1) is 0 Å². The lowest BCUT2D eigenvalue weighted by Crippen LogP contribution is -2.39. The minimum absolute atomic E-state index is 0. The molecule has 0 saturated carbocycles. The Balaban J connectivity index is 0.000000206. The SMILES string of the molecule is CC1CCCCN1CCCNC(=O)Cn1ncc(-c2ccccc2)c1-c1ccccc1.CC1CCCCN1CCCNC(=O)Cn1ncc(-c2ccccc2)c1-c1ccccc1.O. The predicted octanol–water partition coefficient (Wildman–Crippen LogP) is 8.37. The van der Waals surface area contributed by atoms with Crippen LogP contribution in [0.15, 0.2) is 134 Å². The first-order valence-corrected chi connectivity index (χ1v) is 22.8. The molecule has 8 rings (SSSR count). The van der Waals surface area contributed by atoms with Gasteiger partial charge in [-0.2, -0.15) is 10.2 Å². The molecular formula is C52H66N8O3. The van der Waals surface area contributed by atoms with Gasteiger partial charge < -0.3 is 25.9 Å². The fourth-order valence-electron chi connectivity index (χ4n) is 8.85. The summed E-state index contributed by atoms with van der Waals surface area (Å²) in [5.41, 5.74) is 8.36. The van der Waals surface area contributed by atoms with Crippen LogP contribution in [0.3, 0.4) is 0 Å². The molecule has 0 radical (unpaired) electrons. The Morgan fingerprint density at radius 3 is 1.22 bits per heavy atom. The monoisotopic (exact) mass is 851 g/mol. The summed E-state index contributed by atoms with van der Waals surface area (Å²) in [5, 5.41) is 15.3. The number of rotatable bonds is 16. The minimum Gasteiger partial charge on any atom is -0.412 e. The van der Waals surface area contributed by atoms with Gasteiger partial charge in [-0.05, 0) is 76.6 Å². The van der Waals surface area contributed by atoms with Gasteiger partial charge in [0.15, 0.2) is 0 Å². The number of carbonyl (C=O) groups is 2. The fourth-order valence-corrected chi connectivity index (χ4v) is 8.85. The number of benzene rings is 4. The topological polar surface area (TPSA) is 132 Å². The highest BCUT2D eigenvalue weighted by molar-refractivity contribution is 5.84. The Hall–Kier alpha value is -5.88. The van der Waals surface area contributed by atoms with Gasteiger partial charge in [0.05, 0.1) is 23.8 Å². The van der Waals surface area contributed by atoms with E-state index in [0.29, 0.717) is 25.2 Å². The molecule has 0 spiro atoms. The van der Waals surface area contributed by atoms with Gasteiger partial charge in [0.1, 0.15) is 13.1 Å². The highest BCUT2D eigenvalue weighted by Crippen LogP contribution is 2.33. The molecule has 0 aliphatic carbocycles. The summed E-state index contributed by atoms with van der Waals surface area (Å²) in [5.74, 6) is 0.0122. The van der Waals surface area contributed by atoms with Gasteiger partial charge in [0.25, 0.3) is 0 Å². The Labute approximate surface area is 373 Å². The molecule has 2 unspecified atom stereocenters. The van der Waals surface area contributed by atoms with E-state index < -0.39 is 0 Å².